The third kappa shape index (κ3) is 2.42. The van der Waals surface area contributed by atoms with Gasteiger partial charge in [-0.05, 0) is 12.1 Å². The molecular formula is C9H11BrFNO. The number of hydrogen-bond donors (Lipinski definition) is 1. The zero-order chi connectivity index (χ0) is 9.84. The van der Waals surface area contributed by atoms with Gasteiger partial charge in [-0.2, -0.15) is 0 Å². The van der Waals surface area contributed by atoms with Gasteiger partial charge in [0.15, 0.2) is 0 Å². The largest absolute Gasteiger partial charge is 0.496 e. The van der Waals surface area contributed by atoms with E-state index < -0.39 is 12.7 Å². The highest BCUT2D eigenvalue weighted by Gasteiger charge is 2.11. The Morgan fingerprint density at radius 1 is 1.62 bits per heavy atom. The molecule has 13 heavy (non-hydrogen) atoms. The second-order valence-electron chi connectivity index (χ2n) is 2.65. The van der Waals surface area contributed by atoms with Crippen molar-refractivity contribution in [2.75, 3.05) is 13.8 Å². The third-order valence-corrected chi connectivity index (χ3v) is 2.25. The molecule has 0 amide bonds. The van der Waals surface area contributed by atoms with Crippen LogP contribution in [0.25, 0.3) is 0 Å². The molecule has 0 bridgehead atoms. The fourth-order valence-electron chi connectivity index (χ4n) is 1.07. The van der Waals surface area contributed by atoms with Crippen LogP contribution in [0.15, 0.2) is 22.7 Å². The van der Waals surface area contributed by atoms with E-state index in [1.807, 2.05) is 6.07 Å². The first kappa shape index (κ1) is 10.5. The molecule has 0 spiro atoms. The monoisotopic (exact) mass is 247 g/mol. The molecule has 0 aromatic heterocycles. The van der Waals surface area contributed by atoms with Crippen molar-refractivity contribution in [2.24, 2.45) is 5.73 Å². The molecule has 0 heterocycles. The van der Waals surface area contributed by atoms with E-state index >= 15 is 0 Å². The van der Waals surface area contributed by atoms with Crippen LogP contribution >= 0.6 is 15.9 Å². The fourth-order valence-corrected chi connectivity index (χ4v) is 1.41. The van der Waals surface area contributed by atoms with E-state index in [0.29, 0.717) is 11.3 Å². The molecule has 0 fully saturated rings. The van der Waals surface area contributed by atoms with E-state index in [2.05, 4.69) is 15.9 Å². The summed E-state index contributed by atoms with van der Waals surface area (Å²) in [5, 5.41) is 0. The minimum absolute atomic E-state index is 0.585. The van der Waals surface area contributed by atoms with Gasteiger partial charge in [0.25, 0.3) is 0 Å². The number of halogens is 2. The number of methoxy groups -OCH3 is 1. The summed E-state index contributed by atoms with van der Waals surface area (Å²) >= 11 is 3.29. The molecule has 1 rings (SSSR count). The SMILES string of the molecule is COc1cc(Br)ccc1C(N)CF. The first-order valence-corrected chi connectivity index (χ1v) is 4.63. The zero-order valence-electron chi connectivity index (χ0n) is 7.26. The number of alkyl halides is 1. The van der Waals surface area contributed by atoms with E-state index in [4.69, 9.17) is 10.5 Å². The second-order valence-corrected chi connectivity index (χ2v) is 3.56. The van der Waals surface area contributed by atoms with Crippen LogP contribution in [0.4, 0.5) is 4.39 Å². The minimum atomic E-state index is -0.608. The van der Waals surface area contributed by atoms with Crippen LogP contribution in [-0.2, 0) is 0 Å². The van der Waals surface area contributed by atoms with Crippen molar-refractivity contribution in [3.05, 3.63) is 28.2 Å². The Balaban J connectivity index is 3.05. The van der Waals surface area contributed by atoms with Gasteiger partial charge in [-0.25, -0.2) is 4.39 Å². The van der Waals surface area contributed by atoms with Gasteiger partial charge in [0, 0.05) is 10.0 Å². The van der Waals surface area contributed by atoms with Gasteiger partial charge in [0.2, 0.25) is 0 Å². The lowest BCUT2D eigenvalue weighted by Gasteiger charge is -2.12. The molecular weight excluding hydrogens is 237 g/mol. The second kappa shape index (κ2) is 4.58. The van der Waals surface area contributed by atoms with Crippen molar-refractivity contribution >= 4 is 15.9 Å². The Hall–Kier alpha value is -0.610. The van der Waals surface area contributed by atoms with E-state index in [0.717, 1.165) is 4.47 Å². The van der Waals surface area contributed by atoms with Crippen LogP contribution in [0, 0.1) is 0 Å². The van der Waals surface area contributed by atoms with Crippen LogP contribution in [-0.4, -0.2) is 13.8 Å². The van der Waals surface area contributed by atoms with E-state index in [-0.39, 0.29) is 0 Å². The van der Waals surface area contributed by atoms with E-state index in [1.165, 1.54) is 7.11 Å². The molecule has 0 radical (unpaired) electrons. The third-order valence-electron chi connectivity index (χ3n) is 1.76. The van der Waals surface area contributed by atoms with E-state index in [1.54, 1.807) is 12.1 Å². The van der Waals surface area contributed by atoms with E-state index in [9.17, 15) is 4.39 Å². The van der Waals surface area contributed by atoms with Crippen molar-refractivity contribution in [1.82, 2.24) is 0 Å². The number of ether oxygens (including phenoxy) is 1. The average molecular weight is 248 g/mol. The quantitative estimate of drug-likeness (QED) is 0.891. The molecule has 0 aliphatic rings. The summed E-state index contributed by atoms with van der Waals surface area (Å²) in [5.74, 6) is 0.611. The zero-order valence-corrected chi connectivity index (χ0v) is 8.84. The molecule has 1 aromatic rings. The highest BCUT2D eigenvalue weighted by atomic mass is 79.9. The molecule has 1 aromatic carbocycles. The molecule has 1 unspecified atom stereocenters. The first-order valence-electron chi connectivity index (χ1n) is 3.84. The van der Waals surface area contributed by atoms with Crippen molar-refractivity contribution < 1.29 is 9.13 Å². The maximum Gasteiger partial charge on any atom is 0.124 e. The maximum atomic E-state index is 12.3. The minimum Gasteiger partial charge on any atom is -0.496 e. The van der Waals surface area contributed by atoms with Gasteiger partial charge in [-0.3, -0.25) is 0 Å². The van der Waals surface area contributed by atoms with Gasteiger partial charge in [-0.15, -0.1) is 0 Å². The summed E-state index contributed by atoms with van der Waals surface area (Å²) in [6.07, 6.45) is 0. The highest BCUT2D eigenvalue weighted by molar-refractivity contribution is 9.10. The molecule has 0 saturated heterocycles. The standard InChI is InChI=1S/C9H11BrFNO/c1-13-9-4-6(10)2-3-7(9)8(12)5-11/h2-4,8H,5,12H2,1H3. The van der Waals surface area contributed by atoms with Crippen molar-refractivity contribution in [1.29, 1.82) is 0 Å². The molecule has 0 aliphatic carbocycles. The highest BCUT2D eigenvalue weighted by Crippen LogP contribution is 2.27. The Morgan fingerprint density at radius 2 is 2.31 bits per heavy atom. The summed E-state index contributed by atoms with van der Waals surface area (Å²) in [6, 6.07) is 4.73. The lowest BCUT2D eigenvalue weighted by Crippen LogP contribution is -2.13. The van der Waals surface area contributed by atoms with Gasteiger partial charge in [0.1, 0.15) is 12.4 Å². The summed E-state index contributed by atoms with van der Waals surface area (Å²) in [4.78, 5) is 0. The fraction of sp³-hybridized carbons (Fsp3) is 0.333. The average Bonchev–Trinajstić information content (AvgIpc) is 2.16. The van der Waals surface area contributed by atoms with Crippen LogP contribution in [0.2, 0.25) is 0 Å². The summed E-state index contributed by atoms with van der Waals surface area (Å²) in [7, 11) is 1.54. The first-order chi connectivity index (χ1) is 6.19. The Kier molecular flexibility index (Phi) is 3.69. The van der Waals surface area contributed by atoms with Gasteiger partial charge < -0.3 is 10.5 Å². The van der Waals surface area contributed by atoms with Crippen molar-refractivity contribution in [2.45, 2.75) is 6.04 Å². The Bertz CT molecular complexity index is 293. The molecule has 2 N–H and O–H groups in total. The summed E-state index contributed by atoms with van der Waals surface area (Å²) in [6.45, 7) is -0.585. The molecule has 4 heteroatoms. The van der Waals surface area contributed by atoms with Crippen molar-refractivity contribution in [3.8, 4) is 5.75 Å². The maximum absolute atomic E-state index is 12.3. The number of hydrogen-bond acceptors (Lipinski definition) is 2. The summed E-state index contributed by atoms with van der Waals surface area (Å²) in [5.41, 5.74) is 6.24. The van der Waals surface area contributed by atoms with Crippen LogP contribution in [0.5, 0.6) is 5.75 Å². The number of rotatable bonds is 3. The van der Waals surface area contributed by atoms with Gasteiger partial charge >= 0.3 is 0 Å². The lowest BCUT2D eigenvalue weighted by molar-refractivity contribution is 0.389. The Morgan fingerprint density at radius 3 is 2.85 bits per heavy atom. The molecule has 1 atom stereocenters. The van der Waals surface area contributed by atoms with Crippen molar-refractivity contribution in [3.63, 3.8) is 0 Å². The predicted octanol–water partition coefficient (Wildman–Crippen LogP) is 2.43. The topological polar surface area (TPSA) is 35.2 Å². The summed E-state index contributed by atoms with van der Waals surface area (Å²) < 4.78 is 18.3. The molecule has 2 nitrogen and oxygen atoms in total. The molecule has 72 valence electrons. The smallest absolute Gasteiger partial charge is 0.124 e. The van der Waals surface area contributed by atoms with Crippen LogP contribution < -0.4 is 10.5 Å². The lowest BCUT2D eigenvalue weighted by atomic mass is 10.1. The van der Waals surface area contributed by atoms with Gasteiger partial charge in [0.05, 0.1) is 13.2 Å². The molecule has 0 saturated carbocycles. The predicted molar refractivity (Wildman–Crippen MR) is 53.6 cm³/mol. The van der Waals surface area contributed by atoms with Gasteiger partial charge in [-0.1, -0.05) is 22.0 Å². The Labute approximate surface area is 85.0 Å². The van der Waals surface area contributed by atoms with Crippen LogP contribution in [0.3, 0.4) is 0 Å². The molecule has 0 aliphatic heterocycles. The number of benzene rings is 1. The number of nitrogens with two attached hydrogens (primary N) is 1. The normalized spacial score (nSPS) is 12.6. The van der Waals surface area contributed by atoms with Crippen LogP contribution in [0.1, 0.15) is 11.6 Å².